The van der Waals surface area contributed by atoms with Crippen molar-refractivity contribution in [3.05, 3.63) is 81.3 Å². The molecule has 0 fully saturated rings. The van der Waals surface area contributed by atoms with Crippen LogP contribution in [0.2, 0.25) is 0 Å². The second kappa shape index (κ2) is 8.92. The molecule has 0 spiro atoms. The standard InChI is InChI=1S/C25H23ClF3N3O3S/c1-13-17(26)8-7-15-11-36-19-6-4-3-5-16(19)21(20(13)15)32-12-30(14(2)25(27,28)29)24(35)22-23(34)18(33)9-10-31(22)32/h3-10,13-14,17,21,34H,11-12H2,1-2H3/t13?,14-,17?,21+/m0/s1. The minimum absolute atomic E-state index is 0.161. The minimum atomic E-state index is -4.71. The number of hydrogen-bond acceptors (Lipinski definition) is 5. The third-order valence-corrected chi connectivity index (χ3v) is 8.70. The zero-order valence-corrected chi connectivity index (χ0v) is 20.9. The van der Waals surface area contributed by atoms with Crippen molar-refractivity contribution < 1.29 is 23.1 Å². The fourth-order valence-electron chi connectivity index (χ4n) is 5.01. The molecule has 36 heavy (non-hydrogen) atoms. The predicted octanol–water partition coefficient (Wildman–Crippen LogP) is 4.81. The molecule has 2 unspecified atom stereocenters. The first-order valence-corrected chi connectivity index (χ1v) is 12.8. The first-order valence-electron chi connectivity index (χ1n) is 11.4. The average Bonchev–Trinajstić information content (AvgIpc) is 3.00. The van der Waals surface area contributed by atoms with Crippen molar-refractivity contribution in [2.24, 2.45) is 5.92 Å². The van der Waals surface area contributed by atoms with Crippen LogP contribution in [-0.2, 0) is 0 Å². The first kappa shape index (κ1) is 24.8. The summed E-state index contributed by atoms with van der Waals surface area (Å²) in [4.78, 5) is 27.1. The molecule has 3 heterocycles. The van der Waals surface area contributed by atoms with Gasteiger partial charge in [0, 0.05) is 22.9 Å². The molecule has 190 valence electrons. The Bertz CT molecular complexity index is 1360. The van der Waals surface area contributed by atoms with E-state index in [1.807, 2.05) is 43.3 Å². The van der Waals surface area contributed by atoms with Crippen molar-refractivity contribution in [1.29, 1.82) is 0 Å². The van der Waals surface area contributed by atoms with Crippen LogP contribution in [0, 0.1) is 5.92 Å². The first-order chi connectivity index (χ1) is 17.0. The molecule has 6 nitrogen and oxygen atoms in total. The summed E-state index contributed by atoms with van der Waals surface area (Å²) >= 11 is 8.25. The number of pyridine rings is 1. The van der Waals surface area contributed by atoms with Crippen molar-refractivity contribution in [2.75, 3.05) is 17.4 Å². The summed E-state index contributed by atoms with van der Waals surface area (Å²) < 4.78 is 42.8. The van der Waals surface area contributed by atoms with Gasteiger partial charge in [-0.25, -0.2) is 0 Å². The molecule has 0 bridgehead atoms. The number of aromatic hydroxyl groups is 1. The van der Waals surface area contributed by atoms with Crippen molar-refractivity contribution in [3.63, 3.8) is 0 Å². The molecule has 0 radical (unpaired) electrons. The number of nitrogens with zero attached hydrogens (tertiary/aromatic N) is 3. The van der Waals surface area contributed by atoms with Crippen LogP contribution in [0.4, 0.5) is 13.2 Å². The number of carbonyl (C=O) groups excluding carboxylic acids is 1. The summed E-state index contributed by atoms with van der Waals surface area (Å²) in [7, 11) is 0. The van der Waals surface area contributed by atoms with Gasteiger partial charge in [0.2, 0.25) is 5.43 Å². The maximum absolute atomic E-state index is 13.8. The molecular formula is C25H23ClF3N3O3S. The summed E-state index contributed by atoms with van der Waals surface area (Å²) in [5.74, 6) is -1.47. The fraction of sp³-hybridized carbons (Fsp3) is 0.360. The summed E-state index contributed by atoms with van der Waals surface area (Å²) in [6.07, 6.45) is 0.478. The average molecular weight is 538 g/mol. The molecule has 0 saturated heterocycles. The Morgan fingerprint density at radius 3 is 2.64 bits per heavy atom. The van der Waals surface area contributed by atoms with Gasteiger partial charge in [-0.15, -0.1) is 23.4 Å². The molecule has 2 aromatic rings. The van der Waals surface area contributed by atoms with E-state index >= 15 is 0 Å². The van der Waals surface area contributed by atoms with Crippen LogP contribution in [0.3, 0.4) is 0 Å². The van der Waals surface area contributed by atoms with Crippen LogP contribution in [0.25, 0.3) is 0 Å². The highest BCUT2D eigenvalue weighted by Crippen LogP contribution is 2.47. The normalized spacial score (nSPS) is 24.7. The van der Waals surface area contributed by atoms with E-state index in [4.69, 9.17) is 11.6 Å². The third kappa shape index (κ3) is 3.91. The monoisotopic (exact) mass is 537 g/mol. The number of allylic oxidation sites excluding steroid dienone is 2. The van der Waals surface area contributed by atoms with E-state index in [1.165, 1.54) is 10.9 Å². The van der Waals surface area contributed by atoms with Crippen LogP contribution in [0.5, 0.6) is 5.75 Å². The van der Waals surface area contributed by atoms with E-state index in [2.05, 4.69) is 0 Å². The van der Waals surface area contributed by atoms with Gasteiger partial charge in [0.05, 0.1) is 11.4 Å². The predicted molar refractivity (Wildman–Crippen MR) is 132 cm³/mol. The second-order valence-corrected chi connectivity index (χ2v) is 10.6. The van der Waals surface area contributed by atoms with Crippen LogP contribution in [-0.4, -0.2) is 50.6 Å². The number of amides is 1. The number of rotatable bonds is 2. The van der Waals surface area contributed by atoms with Gasteiger partial charge >= 0.3 is 6.18 Å². The summed E-state index contributed by atoms with van der Waals surface area (Å²) in [5.41, 5.74) is 1.43. The van der Waals surface area contributed by atoms with Gasteiger partial charge < -0.3 is 10.0 Å². The van der Waals surface area contributed by atoms with Gasteiger partial charge in [0.1, 0.15) is 12.7 Å². The minimum Gasteiger partial charge on any atom is -0.502 e. The lowest BCUT2D eigenvalue weighted by atomic mass is 9.81. The van der Waals surface area contributed by atoms with Gasteiger partial charge in [-0.1, -0.05) is 37.3 Å². The zero-order chi connectivity index (χ0) is 25.9. The molecule has 5 rings (SSSR count). The Labute approximate surface area is 214 Å². The summed E-state index contributed by atoms with van der Waals surface area (Å²) in [5, 5.41) is 11.8. The molecule has 1 aromatic heterocycles. The highest BCUT2D eigenvalue weighted by molar-refractivity contribution is 7.99. The highest BCUT2D eigenvalue weighted by atomic mass is 35.5. The molecule has 11 heteroatoms. The lowest BCUT2D eigenvalue weighted by molar-refractivity contribution is -0.173. The van der Waals surface area contributed by atoms with E-state index in [0.29, 0.717) is 10.7 Å². The van der Waals surface area contributed by atoms with Gasteiger partial charge in [0.15, 0.2) is 11.4 Å². The number of hydrogen-bond donors (Lipinski definition) is 1. The maximum atomic E-state index is 13.8. The molecular weight excluding hydrogens is 515 g/mol. The SMILES string of the molecule is CC1C2=C(C=CC1Cl)CSc1ccccc1[C@H]2N1CN([C@@H](C)C(F)(F)F)C(=O)c2c(O)c(=O)ccn21. The van der Waals surface area contributed by atoms with Crippen molar-refractivity contribution in [2.45, 2.75) is 42.4 Å². The Balaban J connectivity index is 1.78. The lowest BCUT2D eigenvalue weighted by Gasteiger charge is -2.47. The third-order valence-electron chi connectivity index (χ3n) is 7.04. The number of thioether (sulfide) groups is 1. The van der Waals surface area contributed by atoms with E-state index in [1.54, 1.807) is 16.8 Å². The van der Waals surface area contributed by atoms with Gasteiger partial charge in [-0.05, 0) is 35.6 Å². The molecule has 1 aliphatic carbocycles. The summed E-state index contributed by atoms with van der Waals surface area (Å²) in [6.45, 7) is 2.45. The molecule has 1 N–H and O–H groups in total. The number of benzene rings is 1. The number of fused-ring (bicyclic) bond motifs is 2. The Morgan fingerprint density at radius 2 is 1.92 bits per heavy atom. The molecule has 3 aliphatic rings. The topological polar surface area (TPSA) is 65.8 Å². The molecule has 1 aromatic carbocycles. The van der Waals surface area contributed by atoms with Crippen LogP contribution in [0.1, 0.15) is 35.9 Å². The van der Waals surface area contributed by atoms with Crippen LogP contribution < -0.4 is 10.4 Å². The second-order valence-electron chi connectivity index (χ2n) is 9.10. The van der Waals surface area contributed by atoms with E-state index < -0.39 is 47.7 Å². The van der Waals surface area contributed by atoms with E-state index in [-0.39, 0.29) is 11.3 Å². The van der Waals surface area contributed by atoms with E-state index in [9.17, 15) is 27.9 Å². The molecule has 1 amide bonds. The number of alkyl halides is 4. The Kier molecular flexibility index (Phi) is 6.15. The number of aromatic nitrogens is 1. The van der Waals surface area contributed by atoms with Crippen molar-refractivity contribution >= 4 is 29.3 Å². The smallest absolute Gasteiger partial charge is 0.408 e. The molecule has 0 saturated carbocycles. The molecule has 2 aliphatic heterocycles. The van der Waals surface area contributed by atoms with Gasteiger partial charge in [0.25, 0.3) is 5.91 Å². The zero-order valence-electron chi connectivity index (χ0n) is 19.4. The fourth-order valence-corrected chi connectivity index (χ4v) is 6.31. The van der Waals surface area contributed by atoms with Crippen molar-refractivity contribution in [3.8, 4) is 5.75 Å². The number of halogens is 4. The van der Waals surface area contributed by atoms with Crippen molar-refractivity contribution in [1.82, 2.24) is 9.58 Å². The Morgan fingerprint density at radius 1 is 1.19 bits per heavy atom. The quantitative estimate of drug-likeness (QED) is 0.557. The summed E-state index contributed by atoms with van der Waals surface area (Å²) in [6, 6.07) is 5.96. The van der Waals surface area contributed by atoms with Crippen LogP contribution >= 0.6 is 23.4 Å². The Hall–Kier alpha value is -2.85. The maximum Gasteiger partial charge on any atom is 0.408 e. The van der Waals surface area contributed by atoms with Gasteiger partial charge in [-0.2, -0.15) is 13.2 Å². The lowest BCUT2D eigenvalue weighted by Crippen LogP contribution is -2.60. The van der Waals surface area contributed by atoms with Crippen LogP contribution in [0.15, 0.2) is 69.5 Å². The highest BCUT2D eigenvalue weighted by Gasteiger charge is 2.48. The molecule has 4 atom stereocenters. The van der Waals surface area contributed by atoms with Gasteiger partial charge in [-0.3, -0.25) is 19.3 Å². The van der Waals surface area contributed by atoms with E-state index in [0.717, 1.165) is 34.6 Å². The number of carbonyl (C=O) groups is 1. The largest absolute Gasteiger partial charge is 0.502 e.